The normalized spacial score (nSPS) is 30.0. The van der Waals surface area contributed by atoms with Crippen molar-refractivity contribution in [2.45, 2.75) is 23.3 Å². The molecule has 7 nitrogen and oxygen atoms in total. The summed E-state index contributed by atoms with van der Waals surface area (Å²) in [5.41, 5.74) is 9.33. The molecule has 3 rings (SSSR count). The molecular formula is C13H14N4O3S. The number of anilines is 1. The number of likely N-dealkylation sites (N-methyl/N-ethyl adjacent to an activating group) is 1. The third-order valence-corrected chi connectivity index (χ3v) is 5.07. The number of carbonyl (C=O) groups is 1. The van der Waals surface area contributed by atoms with Gasteiger partial charge in [0.2, 0.25) is 5.91 Å². The van der Waals surface area contributed by atoms with Gasteiger partial charge in [-0.05, 0) is 47.6 Å². The van der Waals surface area contributed by atoms with Crippen molar-refractivity contribution in [3.05, 3.63) is 34.2 Å². The molecule has 0 saturated heterocycles. The standard InChI is InChI=1S/C13H14N4O3S/c1-17-11-4-3-7(21(2,19)20)5-9(11)8-6-10(8)12(13(17)18)15-16-14/h3-5,8,10,12H,6H2,1-2H3/t8-,10-,12-/m0/s1/i1D3. The Morgan fingerprint density at radius 3 is 2.90 bits per heavy atom. The van der Waals surface area contributed by atoms with Crippen LogP contribution in [0.4, 0.5) is 5.69 Å². The van der Waals surface area contributed by atoms with E-state index in [0.29, 0.717) is 16.9 Å². The molecule has 1 heterocycles. The number of sulfone groups is 1. The summed E-state index contributed by atoms with van der Waals surface area (Å²) in [5.74, 6) is -1.30. The first-order chi connectivity index (χ1) is 11.1. The molecule has 1 aromatic carbocycles. The van der Waals surface area contributed by atoms with Crippen LogP contribution in [0.5, 0.6) is 0 Å². The van der Waals surface area contributed by atoms with Gasteiger partial charge in [0.15, 0.2) is 9.84 Å². The first-order valence-corrected chi connectivity index (χ1v) is 8.17. The minimum absolute atomic E-state index is 0.0621. The van der Waals surface area contributed by atoms with Crippen molar-refractivity contribution >= 4 is 21.4 Å². The fourth-order valence-corrected chi connectivity index (χ4v) is 3.47. The highest BCUT2D eigenvalue weighted by atomic mass is 32.2. The Balaban J connectivity index is 2.23. The summed E-state index contributed by atoms with van der Waals surface area (Å²) >= 11 is 0. The molecule has 3 atom stereocenters. The van der Waals surface area contributed by atoms with Gasteiger partial charge in [-0.2, -0.15) is 0 Å². The van der Waals surface area contributed by atoms with Gasteiger partial charge in [0.05, 0.1) is 4.90 Å². The smallest absolute Gasteiger partial charge is 0.236 e. The summed E-state index contributed by atoms with van der Waals surface area (Å²) in [6, 6.07) is 2.93. The summed E-state index contributed by atoms with van der Waals surface area (Å²) in [5, 5.41) is 3.49. The molecule has 0 N–H and O–H groups in total. The Bertz CT molecular complexity index is 877. The number of benzene rings is 1. The van der Waals surface area contributed by atoms with E-state index in [-0.39, 0.29) is 22.4 Å². The van der Waals surface area contributed by atoms with Crippen LogP contribution < -0.4 is 4.90 Å². The van der Waals surface area contributed by atoms with E-state index in [4.69, 9.17) is 9.64 Å². The van der Waals surface area contributed by atoms with E-state index in [1.54, 1.807) is 0 Å². The SMILES string of the molecule is [2H]C([2H])([2H])N1C(=O)[C@@H](N=[N+]=[N-])[C@H]2C[C@H]2c2cc(S(C)(=O)=O)ccc21. The van der Waals surface area contributed by atoms with Gasteiger partial charge in [-0.15, -0.1) is 0 Å². The van der Waals surface area contributed by atoms with E-state index in [1.165, 1.54) is 18.2 Å². The van der Waals surface area contributed by atoms with Crippen molar-refractivity contribution < 1.29 is 17.3 Å². The molecule has 1 aliphatic carbocycles. The number of amides is 1. The second-order valence-corrected chi connectivity index (χ2v) is 7.34. The Morgan fingerprint density at radius 2 is 2.29 bits per heavy atom. The highest BCUT2D eigenvalue weighted by molar-refractivity contribution is 7.90. The Morgan fingerprint density at radius 1 is 1.52 bits per heavy atom. The minimum Gasteiger partial charge on any atom is -0.315 e. The molecule has 1 fully saturated rings. The van der Waals surface area contributed by atoms with Crippen LogP contribution in [0.15, 0.2) is 28.2 Å². The molecule has 8 heteroatoms. The first kappa shape index (κ1) is 10.6. The lowest BCUT2D eigenvalue weighted by molar-refractivity contribution is -0.119. The summed E-state index contributed by atoms with van der Waals surface area (Å²) in [6.45, 7) is -2.77. The van der Waals surface area contributed by atoms with Gasteiger partial charge in [-0.1, -0.05) is 5.11 Å². The van der Waals surface area contributed by atoms with E-state index in [2.05, 4.69) is 10.0 Å². The average molecular weight is 309 g/mol. The predicted octanol–water partition coefficient (Wildman–Crippen LogP) is 1.85. The van der Waals surface area contributed by atoms with E-state index < -0.39 is 28.8 Å². The van der Waals surface area contributed by atoms with E-state index >= 15 is 0 Å². The third-order valence-electron chi connectivity index (χ3n) is 3.96. The molecule has 1 saturated carbocycles. The monoisotopic (exact) mass is 309 g/mol. The topological polar surface area (TPSA) is 103 Å². The maximum Gasteiger partial charge on any atom is 0.236 e. The summed E-state index contributed by atoms with van der Waals surface area (Å²) < 4.78 is 46.5. The van der Waals surface area contributed by atoms with Crippen molar-refractivity contribution in [3.63, 3.8) is 0 Å². The number of hydrogen-bond acceptors (Lipinski definition) is 4. The lowest BCUT2D eigenvalue weighted by atomic mass is 10.1. The van der Waals surface area contributed by atoms with Crippen LogP contribution in [0.1, 0.15) is 22.0 Å². The molecule has 0 spiro atoms. The van der Waals surface area contributed by atoms with Gasteiger partial charge in [-0.3, -0.25) is 4.79 Å². The van der Waals surface area contributed by atoms with Crippen molar-refractivity contribution in [1.29, 1.82) is 0 Å². The van der Waals surface area contributed by atoms with Crippen LogP contribution in [0.25, 0.3) is 10.4 Å². The van der Waals surface area contributed by atoms with Gasteiger partial charge >= 0.3 is 0 Å². The van der Waals surface area contributed by atoms with Gasteiger partial charge in [0, 0.05) is 27.9 Å². The average Bonchev–Trinajstić information content (AvgIpc) is 3.22. The third kappa shape index (κ3) is 2.16. The molecular weight excluding hydrogens is 292 g/mol. The second-order valence-electron chi connectivity index (χ2n) is 5.32. The zero-order valence-corrected chi connectivity index (χ0v) is 11.9. The van der Waals surface area contributed by atoms with Crippen LogP contribution in [-0.2, 0) is 14.6 Å². The summed E-state index contributed by atoms with van der Waals surface area (Å²) in [7, 11) is -3.47. The lowest BCUT2D eigenvalue weighted by Gasteiger charge is -2.21. The van der Waals surface area contributed by atoms with Gasteiger partial charge in [-0.25, -0.2) is 8.42 Å². The number of nitrogens with zero attached hydrogens (tertiary/aromatic N) is 4. The van der Waals surface area contributed by atoms with E-state index in [1.807, 2.05) is 0 Å². The molecule has 21 heavy (non-hydrogen) atoms. The maximum absolute atomic E-state index is 12.6. The van der Waals surface area contributed by atoms with Crippen molar-refractivity contribution in [2.24, 2.45) is 11.0 Å². The number of fused-ring (bicyclic) bond motifs is 3. The highest BCUT2D eigenvalue weighted by Gasteiger charge is 2.51. The van der Waals surface area contributed by atoms with Crippen LogP contribution >= 0.6 is 0 Å². The lowest BCUT2D eigenvalue weighted by Crippen LogP contribution is -2.35. The molecule has 2 aliphatic rings. The Labute approximate surface area is 126 Å². The van der Waals surface area contributed by atoms with Gasteiger partial charge < -0.3 is 4.90 Å². The van der Waals surface area contributed by atoms with E-state index in [0.717, 1.165) is 6.26 Å². The summed E-state index contributed by atoms with van der Waals surface area (Å²) in [4.78, 5) is 16.0. The molecule has 1 aliphatic heterocycles. The highest BCUT2D eigenvalue weighted by Crippen LogP contribution is 2.55. The molecule has 0 aromatic heterocycles. The van der Waals surface area contributed by atoms with Crippen molar-refractivity contribution in [3.8, 4) is 0 Å². The fourth-order valence-electron chi connectivity index (χ4n) is 2.81. The quantitative estimate of drug-likeness (QED) is 0.473. The zero-order valence-electron chi connectivity index (χ0n) is 14.1. The van der Waals surface area contributed by atoms with Gasteiger partial charge in [0.25, 0.3) is 0 Å². The Hall–Kier alpha value is -2.05. The maximum atomic E-state index is 12.6. The van der Waals surface area contributed by atoms with E-state index in [9.17, 15) is 13.2 Å². The van der Waals surface area contributed by atoms with Crippen LogP contribution in [0.2, 0.25) is 0 Å². The number of azide groups is 1. The summed E-state index contributed by atoms with van der Waals surface area (Å²) in [6.07, 6.45) is 1.61. The van der Waals surface area contributed by atoms with Crippen LogP contribution in [0.3, 0.4) is 0 Å². The second kappa shape index (κ2) is 4.47. The van der Waals surface area contributed by atoms with Crippen molar-refractivity contribution in [2.75, 3.05) is 18.1 Å². The molecule has 110 valence electrons. The Kier molecular flexibility index (Phi) is 2.27. The first-order valence-electron chi connectivity index (χ1n) is 7.78. The predicted molar refractivity (Wildman–Crippen MR) is 76.7 cm³/mol. The number of carbonyl (C=O) groups excluding carboxylic acids is 1. The molecule has 0 unspecified atom stereocenters. The fraction of sp³-hybridized carbons (Fsp3) is 0.462. The van der Waals surface area contributed by atoms with Crippen LogP contribution in [-0.4, -0.2) is 33.6 Å². The zero-order chi connectivity index (χ0) is 17.9. The van der Waals surface area contributed by atoms with Crippen LogP contribution in [0, 0.1) is 5.92 Å². The van der Waals surface area contributed by atoms with Crippen molar-refractivity contribution in [1.82, 2.24) is 0 Å². The molecule has 1 amide bonds. The van der Waals surface area contributed by atoms with Gasteiger partial charge in [0.1, 0.15) is 6.04 Å². The molecule has 0 bridgehead atoms. The molecule has 0 radical (unpaired) electrons. The number of rotatable bonds is 2. The molecule has 1 aromatic rings. The number of hydrogen-bond donors (Lipinski definition) is 0. The largest absolute Gasteiger partial charge is 0.315 e. The minimum atomic E-state index is -3.47.